The molecular weight excluding hydrogens is 217 g/mol. The lowest BCUT2D eigenvalue weighted by molar-refractivity contribution is -0.259. The molecule has 0 aromatic heterocycles. The zero-order valence-corrected chi connectivity index (χ0v) is 6.79. The second-order valence-electron chi connectivity index (χ2n) is 2.57. The Bertz CT molecular complexity index is 195. The number of alkyl halides is 7. The van der Waals surface area contributed by atoms with Crippen molar-refractivity contribution in [2.24, 2.45) is 0 Å². The molecule has 0 rings (SSSR count). The van der Waals surface area contributed by atoms with Crippen molar-refractivity contribution in [2.75, 3.05) is 0 Å². The van der Waals surface area contributed by atoms with Crippen LogP contribution in [-0.2, 0) is 0 Å². The van der Waals surface area contributed by atoms with Crippen LogP contribution in [0.1, 0.15) is 6.42 Å². The Morgan fingerprint density at radius 3 is 1.79 bits per heavy atom. The molecule has 0 N–H and O–H groups in total. The molecule has 2 atom stereocenters. The third-order valence-corrected chi connectivity index (χ3v) is 1.42. The van der Waals surface area contributed by atoms with Gasteiger partial charge in [0.1, 0.15) is 0 Å². The Kier molecular flexibility index (Phi) is 3.96. The summed E-state index contributed by atoms with van der Waals surface area (Å²) in [4.78, 5) is 0. The van der Waals surface area contributed by atoms with Crippen LogP contribution in [0, 0.1) is 0 Å². The molecule has 0 nitrogen and oxygen atoms in total. The lowest BCUT2D eigenvalue weighted by Crippen LogP contribution is -2.47. The zero-order valence-electron chi connectivity index (χ0n) is 6.79. The average molecular weight is 224 g/mol. The van der Waals surface area contributed by atoms with E-state index in [1.807, 2.05) is 0 Å². The molecule has 0 saturated carbocycles. The van der Waals surface area contributed by atoms with Crippen LogP contribution in [0.25, 0.3) is 0 Å². The Morgan fingerprint density at radius 2 is 1.50 bits per heavy atom. The van der Waals surface area contributed by atoms with E-state index in [0.717, 1.165) is 0 Å². The first-order chi connectivity index (χ1) is 6.14. The second-order valence-corrected chi connectivity index (χ2v) is 2.57. The molecule has 0 aliphatic heterocycles. The van der Waals surface area contributed by atoms with Crippen LogP contribution in [0.4, 0.5) is 30.7 Å². The van der Waals surface area contributed by atoms with Gasteiger partial charge in [-0.05, 0) is 0 Å². The molecule has 0 amide bonds. The van der Waals surface area contributed by atoms with Gasteiger partial charge in [0.25, 0.3) is 6.17 Å². The highest BCUT2D eigenvalue weighted by Crippen LogP contribution is 2.39. The Hall–Kier alpha value is -0.750. The fourth-order valence-electron chi connectivity index (χ4n) is 0.680. The molecule has 0 aromatic carbocycles. The molecule has 0 aromatic rings. The van der Waals surface area contributed by atoms with E-state index < -0.39 is 30.9 Å². The molecule has 0 bridgehead atoms. The molecular formula is C7H7F7. The number of hydrogen-bond acceptors (Lipinski definition) is 0. The van der Waals surface area contributed by atoms with Crippen LogP contribution in [0.5, 0.6) is 0 Å². The van der Waals surface area contributed by atoms with Crippen LogP contribution in [0.2, 0.25) is 0 Å². The number of rotatable bonds is 4. The summed E-state index contributed by atoms with van der Waals surface area (Å²) in [6.07, 6.45) is -13.9. The Morgan fingerprint density at radius 1 is 1.07 bits per heavy atom. The van der Waals surface area contributed by atoms with Crippen molar-refractivity contribution >= 4 is 0 Å². The predicted octanol–water partition coefficient (Wildman–Crippen LogP) is 3.44. The van der Waals surface area contributed by atoms with E-state index in [1.54, 1.807) is 0 Å². The molecule has 0 fully saturated rings. The van der Waals surface area contributed by atoms with Crippen molar-refractivity contribution in [3.05, 3.63) is 12.7 Å². The summed E-state index contributed by atoms with van der Waals surface area (Å²) in [6, 6.07) is 0. The molecule has 84 valence electrons. The normalized spacial score (nSPS) is 17.6. The fraction of sp³-hybridized carbons (Fsp3) is 0.714. The fourth-order valence-corrected chi connectivity index (χ4v) is 0.680. The summed E-state index contributed by atoms with van der Waals surface area (Å²) in [5.74, 6) is -5.08. The molecule has 0 aliphatic rings. The summed E-state index contributed by atoms with van der Waals surface area (Å²) in [6.45, 7) is 2.86. The smallest absolute Gasteiger partial charge is 0.240 e. The highest BCUT2D eigenvalue weighted by molar-refractivity contribution is 4.92. The minimum atomic E-state index is -5.77. The van der Waals surface area contributed by atoms with Crippen LogP contribution >= 0.6 is 0 Å². The SMILES string of the molecule is C=CCC(F)C(F)(F)C(F)C(F)(F)F. The van der Waals surface area contributed by atoms with E-state index in [-0.39, 0.29) is 0 Å². The van der Waals surface area contributed by atoms with E-state index in [1.165, 1.54) is 0 Å². The minimum Gasteiger partial charge on any atom is -0.240 e. The molecule has 0 aliphatic carbocycles. The summed E-state index contributed by atoms with van der Waals surface area (Å²) in [5.41, 5.74) is 0. The van der Waals surface area contributed by atoms with Gasteiger partial charge in [-0.1, -0.05) is 6.08 Å². The van der Waals surface area contributed by atoms with Gasteiger partial charge in [-0.25, -0.2) is 8.78 Å². The van der Waals surface area contributed by atoms with Crippen LogP contribution in [0.3, 0.4) is 0 Å². The molecule has 0 saturated heterocycles. The molecule has 14 heavy (non-hydrogen) atoms. The van der Waals surface area contributed by atoms with E-state index in [0.29, 0.717) is 6.08 Å². The van der Waals surface area contributed by atoms with Crippen molar-refractivity contribution in [3.63, 3.8) is 0 Å². The minimum absolute atomic E-state index is 0.654. The van der Waals surface area contributed by atoms with Crippen molar-refractivity contribution in [3.8, 4) is 0 Å². The zero-order chi connectivity index (χ0) is 11.6. The maximum absolute atomic E-state index is 12.4. The molecule has 2 unspecified atom stereocenters. The van der Waals surface area contributed by atoms with Gasteiger partial charge in [0.05, 0.1) is 0 Å². The largest absolute Gasteiger partial charge is 0.425 e. The Balaban J connectivity index is 4.67. The summed E-state index contributed by atoms with van der Waals surface area (Å²) in [7, 11) is 0. The number of hydrogen-bond donors (Lipinski definition) is 0. The Labute approximate surface area is 75.4 Å². The summed E-state index contributed by atoms with van der Waals surface area (Å²) in [5, 5.41) is 0. The first-order valence-electron chi connectivity index (χ1n) is 3.47. The van der Waals surface area contributed by atoms with Gasteiger partial charge >= 0.3 is 12.1 Å². The maximum Gasteiger partial charge on any atom is 0.425 e. The second kappa shape index (κ2) is 4.18. The highest BCUT2D eigenvalue weighted by atomic mass is 19.4. The van der Waals surface area contributed by atoms with E-state index in [4.69, 9.17) is 0 Å². The quantitative estimate of drug-likeness (QED) is 0.506. The summed E-state index contributed by atoms with van der Waals surface area (Å²) < 4.78 is 83.8. The molecule has 0 heterocycles. The molecule has 7 heteroatoms. The van der Waals surface area contributed by atoms with E-state index in [9.17, 15) is 30.7 Å². The average Bonchev–Trinajstić information content (AvgIpc) is 2.01. The van der Waals surface area contributed by atoms with Gasteiger partial charge < -0.3 is 0 Å². The monoisotopic (exact) mass is 224 g/mol. The predicted molar refractivity (Wildman–Crippen MR) is 35.6 cm³/mol. The molecule has 0 spiro atoms. The first-order valence-corrected chi connectivity index (χ1v) is 3.47. The van der Waals surface area contributed by atoms with Crippen molar-refractivity contribution in [1.29, 1.82) is 0 Å². The van der Waals surface area contributed by atoms with Gasteiger partial charge in [0, 0.05) is 6.42 Å². The van der Waals surface area contributed by atoms with Crippen LogP contribution < -0.4 is 0 Å². The van der Waals surface area contributed by atoms with Crippen LogP contribution in [0.15, 0.2) is 12.7 Å². The van der Waals surface area contributed by atoms with Gasteiger partial charge in [0.15, 0.2) is 6.17 Å². The first kappa shape index (κ1) is 13.2. The van der Waals surface area contributed by atoms with Gasteiger partial charge in [-0.2, -0.15) is 22.0 Å². The van der Waals surface area contributed by atoms with Gasteiger partial charge in [-0.15, -0.1) is 6.58 Å². The lowest BCUT2D eigenvalue weighted by Gasteiger charge is -2.24. The third-order valence-electron chi connectivity index (χ3n) is 1.42. The van der Waals surface area contributed by atoms with Crippen LogP contribution in [-0.4, -0.2) is 24.4 Å². The van der Waals surface area contributed by atoms with Crippen molar-refractivity contribution in [2.45, 2.75) is 30.9 Å². The maximum atomic E-state index is 12.4. The van der Waals surface area contributed by atoms with Crippen molar-refractivity contribution in [1.82, 2.24) is 0 Å². The van der Waals surface area contributed by atoms with Crippen molar-refractivity contribution < 1.29 is 30.7 Å². The lowest BCUT2D eigenvalue weighted by atomic mass is 10.1. The number of halogens is 7. The van der Waals surface area contributed by atoms with Gasteiger partial charge in [0.2, 0.25) is 0 Å². The van der Waals surface area contributed by atoms with Gasteiger partial charge in [-0.3, -0.25) is 0 Å². The topological polar surface area (TPSA) is 0 Å². The highest BCUT2D eigenvalue weighted by Gasteiger charge is 2.60. The van der Waals surface area contributed by atoms with E-state index >= 15 is 0 Å². The third kappa shape index (κ3) is 2.88. The standard InChI is InChI=1S/C7H7F7/c1-2-3-4(8)6(10,11)5(9)7(12,13)14/h2,4-5H,1,3H2. The summed E-state index contributed by atoms with van der Waals surface area (Å²) >= 11 is 0. The number of allylic oxidation sites excluding steroid dienone is 1. The van der Waals surface area contributed by atoms with E-state index in [2.05, 4.69) is 6.58 Å². The molecule has 0 radical (unpaired) electrons.